The minimum Gasteiger partial charge on any atom is -0.479 e. The SMILES string of the molecule is COc1nn(C)cc1C(=O)Nc1c(C)nc(N2CCCC2)nc1C. The van der Waals surface area contributed by atoms with E-state index >= 15 is 0 Å². The fourth-order valence-electron chi connectivity index (χ4n) is 2.89. The lowest BCUT2D eigenvalue weighted by Gasteiger charge is -2.18. The predicted octanol–water partition coefficient (Wildman–Crippen LogP) is 1.69. The summed E-state index contributed by atoms with van der Waals surface area (Å²) in [5, 5.41) is 6.98. The van der Waals surface area contributed by atoms with E-state index in [2.05, 4.69) is 25.3 Å². The molecule has 0 bridgehead atoms. The highest BCUT2D eigenvalue weighted by molar-refractivity contribution is 6.06. The molecule has 24 heavy (non-hydrogen) atoms. The zero-order valence-electron chi connectivity index (χ0n) is 14.5. The first-order chi connectivity index (χ1) is 11.5. The Morgan fingerprint density at radius 1 is 1.21 bits per heavy atom. The third kappa shape index (κ3) is 3.04. The van der Waals surface area contributed by atoms with E-state index in [1.807, 2.05) is 13.8 Å². The smallest absolute Gasteiger partial charge is 0.262 e. The number of aryl methyl sites for hydroxylation is 3. The van der Waals surface area contributed by atoms with Crippen molar-refractivity contribution in [2.24, 2.45) is 7.05 Å². The van der Waals surface area contributed by atoms with Crippen LogP contribution in [0.3, 0.4) is 0 Å². The van der Waals surface area contributed by atoms with E-state index in [1.165, 1.54) is 20.0 Å². The molecule has 128 valence electrons. The maximum atomic E-state index is 12.5. The summed E-state index contributed by atoms with van der Waals surface area (Å²) in [5.41, 5.74) is 2.51. The zero-order valence-corrected chi connectivity index (χ0v) is 14.5. The van der Waals surface area contributed by atoms with Crippen LogP contribution in [0.1, 0.15) is 34.6 Å². The standard InChI is InChI=1S/C16H22N6O2/c1-10-13(11(2)18-16(17-10)22-7-5-6-8-22)19-14(23)12-9-21(3)20-15(12)24-4/h9H,5-8H2,1-4H3,(H,19,23). The number of anilines is 2. The van der Waals surface area contributed by atoms with Crippen molar-refractivity contribution < 1.29 is 9.53 Å². The van der Waals surface area contributed by atoms with Gasteiger partial charge in [0.05, 0.1) is 24.2 Å². The van der Waals surface area contributed by atoms with Gasteiger partial charge in [0.15, 0.2) is 0 Å². The van der Waals surface area contributed by atoms with Crippen LogP contribution in [0.25, 0.3) is 0 Å². The summed E-state index contributed by atoms with van der Waals surface area (Å²) in [6.45, 7) is 5.73. The van der Waals surface area contributed by atoms with Gasteiger partial charge >= 0.3 is 0 Å². The third-order valence-electron chi connectivity index (χ3n) is 4.12. The van der Waals surface area contributed by atoms with Crippen LogP contribution in [0, 0.1) is 13.8 Å². The van der Waals surface area contributed by atoms with Gasteiger partial charge in [0.2, 0.25) is 11.8 Å². The molecule has 0 saturated carbocycles. The number of rotatable bonds is 4. The molecule has 1 aliphatic rings. The lowest BCUT2D eigenvalue weighted by Crippen LogP contribution is -2.22. The maximum absolute atomic E-state index is 12.5. The predicted molar refractivity (Wildman–Crippen MR) is 90.7 cm³/mol. The second-order valence-electron chi connectivity index (χ2n) is 5.94. The molecule has 3 heterocycles. The van der Waals surface area contributed by atoms with Gasteiger partial charge in [-0.05, 0) is 26.7 Å². The fourth-order valence-corrected chi connectivity index (χ4v) is 2.89. The molecule has 0 spiro atoms. The van der Waals surface area contributed by atoms with Crippen LogP contribution in [0.5, 0.6) is 5.88 Å². The number of hydrogen-bond donors (Lipinski definition) is 1. The van der Waals surface area contributed by atoms with Gasteiger partial charge in [-0.15, -0.1) is 5.10 Å². The first-order valence-electron chi connectivity index (χ1n) is 7.98. The molecule has 1 aliphatic heterocycles. The van der Waals surface area contributed by atoms with Gasteiger partial charge in [-0.1, -0.05) is 0 Å². The number of aromatic nitrogens is 4. The summed E-state index contributed by atoms with van der Waals surface area (Å²) in [6, 6.07) is 0. The minimum absolute atomic E-state index is 0.288. The topological polar surface area (TPSA) is 85.2 Å². The number of carbonyl (C=O) groups excluding carboxylic acids is 1. The Balaban J connectivity index is 1.85. The molecule has 0 radical (unpaired) electrons. The number of ether oxygens (including phenoxy) is 1. The van der Waals surface area contributed by atoms with E-state index in [-0.39, 0.29) is 5.91 Å². The molecular formula is C16H22N6O2. The maximum Gasteiger partial charge on any atom is 0.262 e. The quantitative estimate of drug-likeness (QED) is 0.918. The second-order valence-corrected chi connectivity index (χ2v) is 5.94. The Labute approximate surface area is 140 Å². The number of nitrogens with one attached hydrogen (secondary N) is 1. The monoisotopic (exact) mass is 330 g/mol. The molecule has 1 amide bonds. The number of nitrogens with zero attached hydrogens (tertiary/aromatic N) is 5. The van der Waals surface area contributed by atoms with Crippen molar-refractivity contribution >= 4 is 17.5 Å². The van der Waals surface area contributed by atoms with Crippen molar-refractivity contribution in [1.82, 2.24) is 19.7 Å². The highest BCUT2D eigenvalue weighted by atomic mass is 16.5. The Kier molecular flexibility index (Phi) is 4.37. The highest BCUT2D eigenvalue weighted by Crippen LogP contribution is 2.24. The van der Waals surface area contributed by atoms with Crippen LogP contribution in [0.2, 0.25) is 0 Å². The first kappa shape index (κ1) is 16.2. The number of methoxy groups -OCH3 is 1. The van der Waals surface area contributed by atoms with Crippen LogP contribution in [-0.2, 0) is 7.05 Å². The van der Waals surface area contributed by atoms with Gasteiger partial charge < -0.3 is 15.0 Å². The molecule has 2 aromatic heterocycles. The summed E-state index contributed by atoms with van der Waals surface area (Å²) >= 11 is 0. The van der Waals surface area contributed by atoms with Crippen molar-refractivity contribution in [1.29, 1.82) is 0 Å². The van der Waals surface area contributed by atoms with E-state index < -0.39 is 0 Å². The van der Waals surface area contributed by atoms with Crippen LogP contribution >= 0.6 is 0 Å². The largest absolute Gasteiger partial charge is 0.479 e. The summed E-state index contributed by atoms with van der Waals surface area (Å²) < 4.78 is 6.68. The van der Waals surface area contributed by atoms with E-state index in [4.69, 9.17) is 4.74 Å². The molecule has 8 heteroatoms. The fraction of sp³-hybridized carbons (Fsp3) is 0.500. The van der Waals surface area contributed by atoms with Crippen molar-refractivity contribution in [3.8, 4) is 5.88 Å². The second kappa shape index (κ2) is 6.46. The van der Waals surface area contributed by atoms with E-state index in [9.17, 15) is 4.79 Å². The Morgan fingerprint density at radius 2 is 1.83 bits per heavy atom. The van der Waals surface area contributed by atoms with Gasteiger partial charge in [0, 0.05) is 26.3 Å². The van der Waals surface area contributed by atoms with Gasteiger partial charge in [0.1, 0.15) is 5.56 Å². The lowest BCUT2D eigenvalue weighted by atomic mass is 10.2. The van der Waals surface area contributed by atoms with Crippen molar-refractivity contribution in [3.63, 3.8) is 0 Å². The van der Waals surface area contributed by atoms with E-state index in [0.29, 0.717) is 17.1 Å². The summed E-state index contributed by atoms with van der Waals surface area (Å²) in [6.07, 6.45) is 3.96. The minimum atomic E-state index is -0.288. The lowest BCUT2D eigenvalue weighted by molar-refractivity contribution is 0.102. The van der Waals surface area contributed by atoms with Crippen LogP contribution in [-0.4, -0.2) is 45.9 Å². The average molecular weight is 330 g/mol. The van der Waals surface area contributed by atoms with Crippen molar-refractivity contribution in [2.75, 3.05) is 30.4 Å². The van der Waals surface area contributed by atoms with Gasteiger partial charge in [-0.2, -0.15) is 0 Å². The molecule has 2 aromatic rings. The van der Waals surface area contributed by atoms with Crippen LogP contribution < -0.4 is 15.0 Å². The number of hydrogen-bond acceptors (Lipinski definition) is 6. The summed E-state index contributed by atoms with van der Waals surface area (Å²) in [4.78, 5) is 23.8. The zero-order chi connectivity index (χ0) is 17.3. The van der Waals surface area contributed by atoms with Crippen molar-refractivity contribution in [3.05, 3.63) is 23.1 Å². The molecule has 0 aliphatic carbocycles. The summed E-state index contributed by atoms with van der Waals surface area (Å²) in [5.74, 6) is 0.739. The average Bonchev–Trinajstić information content (AvgIpc) is 3.19. The molecular weight excluding hydrogens is 308 g/mol. The Bertz CT molecular complexity index is 741. The molecule has 8 nitrogen and oxygen atoms in total. The molecule has 0 unspecified atom stereocenters. The van der Waals surface area contributed by atoms with Gasteiger partial charge in [-0.25, -0.2) is 9.97 Å². The third-order valence-corrected chi connectivity index (χ3v) is 4.12. The van der Waals surface area contributed by atoms with Gasteiger partial charge in [-0.3, -0.25) is 9.48 Å². The number of carbonyl (C=O) groups is 1. The first-order valence-corrected chi connectivity index (χ1v) is 7.98. The molecule has 1 fully saturated rings. The highest BCUT2D eigenvalue weighted by Gasteiger charge is 2.21. The van der Waals surface area contributed by atoms with E-state index in [1.54, 1.807) is 17.9 Å². The Morgan fingerprint density at radius 3 is 2.42 bits per heavy atom. The number of amides is 1. The Hall–Kier alpha value is -2.64. The van der Waals surface area contributed by atoms with Crippen LogP contribution in [0.4, 0.5) is 11.6 Å². The molecule has 1 N–H and O–H groups in total. The molecule has 1 saturated heterocycles. The van der Waals surface area contributed by atoms with Gasteiger partial charge in [0.25, 0.3) is 5.91 Å². The van der Waals surface area contributed by atoms with Crippen molar-refractivity contribution in [2.45, 2.75) is 26.7 Å². The van der Waals surface area contributed by atoms with Crippen LogP contribution in [0.15, 0.2) is 6.20 Å². The van der Waals surface area contributed by atoms with E-state index in [0.717, 1.165) is 30.4 Å². The molecule has 3 rings (SSSR count). The summed E-state index contributed by atoms with van der Waals surface area (Å²) in [7, 11) is 3.23. The molecule has 0 atom stereocenters. The normalized spacial score (nSPS) is 14.1. The molecule has 0 aromatic carbocycles.